The van der Waals surface area contributed by atoms with Gasteiger partial charge in [0.2, 0.25) is 59.1 Å². The molecule has 32 N–H and O–H groups in total. The van der Waals surface area contributed by atoms with Crippen LogP contribution in [0.3, 0.4) is 0 Å². The Kier molecular flexibility index (Phi) is 42.5. The van der Waals surface area contributed by atoms with Crippen LogP contribution >= 0.6 is 12.6 Å². The summed E-state index contributed by atoms with van der Waals surface area (Å²) in [6, 6.07) is -6.17. The lowest BCUT2D eigenvalue weighted by Gasteiger charge is -2.28. The highest BCUT2D eigenvalue weighted by Gasteiger charge is 2.37. The van der Waals surface area contributed by atoms with Crippen LogP contribution in [0.15, 0.2) is 35.3 Å². The van der Waals surface area contributed by atoms with Crippen LogP contribution in [-0.4, -0.2) is 350 Å². The van der Waals surface area contributed by atoms with Crippen LogP contribution in [0, 0.1) is 0 Å². The number of amides is 10. The van der Waals surface area contributed by atoms with Crippen molar-refractivity contribution in [3.63, 3.8) is 0 Å². The van der Waals surface area contributed by atoms with Crippen molar-refractivity contribution in [2.45, 2.75) is 193 Å². The number of anilines is 2. The Morgan fingerprint density at radius 3 is 1.15 bits per heavy atom. The van der Waals surface area contributed by atoms with Gasteiger partial charge in [-0.05, 0) is 62.8 Å². The van der Waals surface area contributed by atoms with Gasteiger partial charge in [-0.1, -0.05) is 0 Å². The molecule has 0 spiro atoms. The number of aliphatic carboxylic acids is 3. The van der Waals surface area contributed by atoms with E-state index < -0.39 is 308 Å². The van der Waals surface area contributed by atoms with Gasteiger partial charge in [0.15, 0.2) is 11.2 Å². The quantitative estimate of drug-likeness (QED) is 0.0184. The largest absolute Gasteiger partial charge is 0.481 e. The molecule has 3 aromatic rings. The van der Waals surface area contributed by atoms with Crippen molar-refractivity contribution >= 4 is 112 Å². The zero-order valence-corrected chi connectivity index (χ0v) is 61.2. The van der Waals surface area contributed by atoms with E-state index in [9.17, 15) is 149 Å². The molecular formula is C64H98N16O32S. The Hall–Kier alpha value is -10.1. The number of nitrogen functional groups attached to an aromatic ring is 1. The molecule has 0 saturated heterocycles. The number of aliphatic hydroxyl groups excluding tert-OH is 15. The molecule has 10 amide bonds. The minimum absolute atomic E-state index is 0.0243. The van der Waals surface area contributed by atoms with E-state index in [-0.39, 0.29) is 42.2 Å². The lowest BCUT2D eigenvalue weighted by atomic mass is 10.0. The summed E-state index contributed by atoms with van der Waals surface area (Å²) in [6.45, 7) is -5.91. The topological polar surface area (TPSA) is 816 Å². The molecule has 2 aromatic heterocycles. The average molecular weight is 1640 g/mol. The number of aromatic amines is 1. The third-order valence-corrected chi connectivity index (χ3v) is 17.1. The normalized spacial score (nSPS) is 16.2. The lowest BCUT2D eigenvalue weighted by Crippen LogP contribution is -2.59. The van der Waals surface area contributed by atoms with Gasteiger partial charge in [-0.15, -0.1) is 0 Å². The first-order chi connectivity index (χ1) is 53.2. The second-order valence-electron chi connectivity index (χ2n) is 25.5. The molecule has 632 valence electrons. The average Bonchev–Trinajstić information content (AvgIpc) is 0.812. The molecule has 48 nitrogen and oxygen atoms in total. The number of nitrogens with one attached hydrogen (secondary N) is 12. The first-order valence-electron chi connectivity index (χ1n) is 34.8. The zero-order valence-electron chi connectivity index (χ0n) is 60.3. The summed E-state index contributed by atoms with van der Waals surface area (Å²) in [5.41, 5.74) is 5.93. The number of aliphatic hydroxyl groups is 15. The Morgan fingerprint density at radius 2 is 0.796 bits per heavy atom. The van der Waals surface area contributed by atoms with Gasteiger partial charge in [0, 0.05) is 81.7 Å². The van der Waals surface area contributed by atoms with E-state index in [1.165, 1.54) is 18.3 Å². The van der Waals surface area contributed by atoms with E-state index in [0.29, 0.717) is 11.4 Å². The Labute approximate surface area is 645 Å². The summed E-state index contributed by atoms with van der Waals surface area (Å²) < 4.78 is 0. The maximum atomic E-state index is 14.6. The van der Waals surface area contributed by atoms with Gasteiger partial charge < -0.3 is 156 Å². The van der Waals surface area contributed by atoms with Crippen LogP contribution in [0.25, 0.3) is 11.2 Å². The molecule has 1 aromatic carbocycles. The van der Waals surface area contributed by atoms with Gasteiger partial charge in [-0.25, -0.2) is 14.8 Å². The van der Waals surface area contributed by atoms with Crippen molar-refractivity contribution in [1.29, 1.82) is 0 Å². The van der Waals surface area contributed by atoms with Crippen LogP contribution in [-0.2, 0) is 64.1 Å². The molecule has 0 aliphatic heterocycles. The Balaban J connectivity index is 2.00. The maximum absolute atomic E-state index is 14.6. The van der Waals surface area contributed by atoms with Crippen LogP contribution in [0.2, 0.25) is 0 Å². The van der Waals surface area contributed by atoms with E-state index in [4.69, 9.17) is 15.9 Å². The predicted octanol–water partition coefficient (Wildman–Crippen LogP) is -13.9. The number of hydrogen-bond donors (Lipinski definition) is 32. The number of benzene rings is 1. The van der Waals surface area contributed by atoms with Gasteiger partial charge in [0.05, 0.1) is 56.6 Å². The maximum Gasteiger partial charge on any atom is 0.327 e. The smallest absolute Gasteiger partial charge is 0.327 e. The second kappa shape index (κ2) is 49.4. The van der Waals surface area contributed by atoms with E-state index in [0.717, 1.165) is 0 Å². The van der Waals surface area contributed by atoms with Crippen LogP contribution in [0.4, 0.5) is 11.6 Å². The van der Waals surface area contributed by atoms with Crippen molar-refractivity contribution in [2.75, 3.05) is 62.8 Å². The second-order valence-corrected chi connectivity index (χ2v) is 25.9. The van der Waals surface area contributed by atoms with Gasteiger partial charge >= 0.3 is 17.9 Å². The molecule has 0 saturated carbocycles. The molecule has 0 radical (unpaired) electrons. The molecule has 0 aliphatic carbocycles. The monoisotopic (exact) mass is 1630 g/mol. The highest BCUT2D eigenvalue weighted by Crippen LogP contribution is 2.16. The van der Waals surface area contributed by atoms with E-state index >= 15 is 0 Å². The van der Waals surface area contributed by atoms with Crippen LogP contribution in [0.1, 0.15) is 93.1 Å². The zero-order chi connectivity index (χ0) is 84.9. The molecule has 0 aliphatic rings. The summed E-state index contributed by atoms with van der Waals surface area (Å²) in [5, 5.41) is 203. The van der Waals surface area contributed by atoms with Gasteiger partial charge in [0.1, 0.15) is 91.2 Å². The number of hydrogen-bond acceptors (Lipinski definition) is 35. The molecule has 18 atom stereocenters. The number of nitrogens with zero attached hydrogens (tertiary/aromatic N) is 3. The minimum atomic E-state index is -2.22. The number of nitrogens with two attached hydrogens (primary N) is 1. The number of carbonyl (C=O) groups excluding carboxylic acids is 10. The van der Waals surface area contributed by atoms with Crippen LogP contribution in [0.5, 0.6) is 0 Å². The van der Waals surface area contributed by atoms with Gasteiger partial charge in [-0.3, -0.25) is 67.3 Å². The number of carboxylic acids is 3. The first kappa shape index (κ1) is 97.1. The number of fused-ring (bicyclic) bond motifs is 1. The van der Waals surface area contributed by atoms with E-state index in [1.807, 2.05) is 5.32 Å². The fraction of sp³-hybridized carbons (Fsp3) is 0.609. The van der Waals surface area contributed by atoms with Gasteiger partial charge in [0.25, 0.3) is 11.5 Å². The minimum Gasteiger partial charge on any atom is -0.481 e. The van der Waals surface area contributed by atoms with Crippen molar-refractivity contribution in [2.24, 2.45) is 0 Å². The Bertz CT molecular complexity index is 3720. The molecule has 0 fully saturated rings. The number of carboxylic acid groups (broad SMARTS) is 3. The molecule has 0 bridgehead atoms. The lowest BCUT2D eigenvalue weighted by molar-refractivity contribution is -0.142. The molecule has 3 rings (SSSR count). The highest BCUT2D eigenvalue weighted by molar-refractivity contribution is 7.80. The highest BCUT2D eigenvalue weighted by atomic mass is 32.1. The number of rotatable bonds is 54. The standard InChI is InChI=1S/C64H98N16O32S/c65-64-79-55-48(62(110)80-64)72-29(19-71-55)18-67-28-5-3-27(4-6-28)56(104)66-17-1-2-45(93)73-30(7-12-42(90)68-20-36(84)49(98)52(101)39(87)23-81)57(105)76-33(10-15-46(94)95)59(107)74-31(8-13-43(91)69-21-37(85)50(99)53(102)40(88)24-82)58(106)77-34(11-16-47(96)97)60(108)75-32(61(109)78-35(26-113)63(111)112)9-14-44(92)70-22-38(86)51(100)54(103)41(89)25-83/h3-6,19,30-41,49-54,67,81-89,98-103,113H,1-2,7-18,20-26H2,(H,66,104)(H,68,90)(H,69,91)(H,70,92)(H,73,93)(H,74,107)(H,75,108)(H,76,105)(H,77,106)(H,78,109)(H,94,95)(H,96,97)(H,111,112)(H3,65,71,79,80,110)/t30-,31-,32-,33+,34+,35+,36-,37-,38-,39+,40+,41+,49+,50+,51+,52+,53+,54+/m0/s1. The molecule has 2 heterocycles. The number of thiol groups is 1. The van der Waals surface area contributed by atoms with Crippen molar-refractivity contribution in [3.05, 3.63) is 52.1 Å². The summed E-state index contributed by atoms with van der Waals surface area (Å²) in [4.78, 5) is 201. The third kappa shape index (κ3) is 34.0. The third-order valence-electron chi connectivity index (χ3n) is 16.7. The SMILES string of the molecule is Nc1nc2ncc(CNc3ccc(C(=O)NCCCC(=O)N[C@@H](CCC(=O)NC[C@H](O)[C@@H](O)[C@H](O)[C@H](O)CO)C(=O)N[C@H](CCC(=O)O)C(=O)N[C@@H](CCC(=O)NC[C@H](O)[C@@H](O)[C@H](O)[C@H](O)CO)C(=O)N[C@H](CCC(=O)O)C(=O)N[C@@H](CCC(=O)NC[C@H](O)[C@@H](O)[C@H](O)[C@H](O)CO)C(=O)N[C@H](CS)C(=O)O)cc3)nc2c(=O)[nH]1. The Morgan fingerprint density at radius 1 is 0.442 bits per heavy atom. The number of H-pyrrole nitrogens is 1. The summed E-state index contributed by atoms with van der Waals surface area (Å²) in [7, 11) is 0. The number of aromatic nitrogens is 4. The summed E-state index contributed by atoms with van der Waals surface area (Å²) >= 11 is 3.88. The van der Waals surface area contributed by atoms with E-state index in [2.05, 4.69) is 85.7 Å². The molecule has 0 unspecified atom stereocenters. The van der Waals surface area contributed by atoms with Crippen molar-refractivity contribution < 1.29 is 154 Å². The molecular weight excluding hydrogens is 1540 g/mol. The first-order valence-corrected chi connectivity index (χ1v) is 35.4. The van der Waals surface area contributed by atoms with Crippen molar-refractivity contribution in [3.8, 4) is 0 Å². The fourth-order valence-corrected chi connectivity index (χ4v) is 10.3. The molecule has 49 heteroatoms. The fourth-order valence-electron chi connectivity index (χ4n) is 10.0. The predicted molar refractivity (Wildman–Crippen MR) is 385 cm³/mol. The molecule has 113 heavy (non-hydrogen) atoms. The van der Waals surface area contributed by atoms with E-state index in [1.54, 1.807) is 12.1 Å². The summed E-state index contributed by atoms with van der Waals surface area (Å²) in [5.74, 6) is -17.7. The summed E-state index contributed by atoms with van der Waals surface area (Å²) in [6.07, 6.45) is -32.9. The number of carbonyl (C=O) groups is 13. The van der Waals surface area contributed by atoms with Gasteiger partial charge in [-0.2, -0.15) is 17.6 Å². The van der Waals surface area contributed by atoms with Crippen LogP contribution < -0.4 is 69.8 Å². The van der Waals surface area contributed by atoms with Crippen molar-refractivity contribution in [1.82, 2.24) is 73.1 Å².